The first kappa shape index (κ1) is 22.0. The van der Waals surface area contributed by atoms with Gasteiger partial charge in [-0.3, -0.25) is 14.3 Å². The molecule has 168 valence electrons. The van der Waals surface area contributed by atoms with Crippen molar-refractivity contribution in [1.82, 2.24) is 24.7 Å². The van der Waals surface area contributed by atoms with Gasteiger partial charge >= 0.3 is 0 Å². The van der Waals surface area contributed by atoms with E-state index in [0.29, 0.717) is 16.1 Å². The van der Waals surface area contributed by atoms with Crippen LogP contribution in [0.2, 0.25) is 0 Å². The average Bonchev–Trinajstić information content (AvgIpc) is 3.51. The molecule has 7 nitrogen and oxygen atoms in total. The molecule has 2 aromatic carbocycles. The second-order valence-corrected chi connectivity index (χ2v) is 9.21. The lowest BCUT2D eigenvalue weighted by atomic mass is 10.2. The van der Waals surface area contributed by atoms with Crippen molar-refractivity contribution in [1.29, 1.82) is 0 Å². The summed E-state index contributed by atoms with van der Waals surface area (Å²) in [5.41, 5.74) is 4.75. The van der Waals surface area contributed by atoms with Gasteiger partial charge in [0.2, 0.25) is 5.91 Å². The lowest BCUT2D eigenvalue weighted by molar-refractivity contribution is -0.113. The topological polar surface area (TPSA) is 85.6 Å². The lowest BCUT2D eigenvalue weighted by Crippen LogP contribution is -2.14. The Balaban J connectivity index is 1.35. The zero-order valence-corrected chi connectivity index (χ0v) is 19.9. The number of para-hydroxylation sites is 1. The normalized spacial score (nSPS) is 10.9. The van der Waals surface area contributed by atoms with Crippen molar-refractivity contribution in [3.8, 4) is 28.3 Å². The molecule has 1 amide bonds. The molecular weight excluding hydrogens is 464 g/mol. The molecule has 3 aromatic heterocycles. The summed E-state index contributed by atoms with van der Waals surface area (Å²) in [6, 6.07) is 21.7. The standard InChI is InChI=1S/C25H20N6OS2/c1-17-8-5-6-12-21(17)31-23(19-11-7-13-26-14-19)29-30-25(31)34-16-22(32)28-24-27-20(15-33-24)18-9-3-2-4-10-18/h2-15H,16H2,1H3,(H,27,28,32). The minimum absolute atomic E-state index is 0.152. The summed E-state index contributed by atoms with van der Waals surface area (Å²) in [4.78, 5) is 21.4. The maximum absolute atomic E-state index is 12.7. The van der Waals surface area contributed by atoms with Gasteiger partial charge in [0.05, 0.1) is 17.1 Å². The molecule has 0 fully saturated rings. The van der Waals surface area contributed by atoms with Crippen LogP contribution in [0.4, 0.5) is 5.13 Å². The van der Waals surface area contributed by atoms with E-state index in [1.54, 1.807) is 12.4 Å². The predicted molar refractivity (Wildman–Crippen MR) is 136 cm³/mol. The molecule has 0 aliphatic rings. The number of aromatic nitrogens is 5. The number of carbonyl (C=O) groups excluding carboxylic acids is 1. The number of thiazole rings is 1. The van der Waals surface area contributed by atoms with E-state index < -0.39 is 0 Å². The van der Waals surface area contributed by atoms with Crippen LogP contribution in [0.5, 0.6) is 0 Å². The quantitative estimate of drug-likeness (QED) is 0.307. The summed E-state index contributed by atoms with van der Waals surface area (Å²) in [6.45, 7) is 2.04. The van der Waals surface area contributed by atoms with Crippen LogP contribution in [0, 0.1) is 6.92 Å². The predicted octanol–water partition coefficient (Wildman–Crippen LogP) is 5.49. The molecule has 5 rings (SSSR count). The molecule has 0 bridgehead atoms. The van der Waals surface area contributed by atoms with E-state index in [1.807, 2.05) is 83.6 Å². The highest BCUT2D eigenvalue weighted by atomic mass is 32.2. The molecule has 3 heterocycles. The van der Waals surface area contributed by atoms with Gasteiger partial charge in [0.25, 0.3) is 0 Å². The molecule has 0 radical (unpaired) electrons. The summed E-state index contributed by atoms with van der Waals surface area (Å²) in [5, 5.41) is 14.8. The van der Waals surface area contributed by atoms with Crippen molar-refractivity contribution in [2.75, 3.05) is 11.1 Å². The Morgan fingerprint density at radius 3 is 2.59 bits per heavy atom. The van der Waals surface area contributed by atoms with Gasteiger partial charge in [-0.2, -0.15) is 0 Å². The third kappa shape index (κ3) is 4.75. The molecule has 0 spiro atoms. The number of thioether (sulfide) groups is 1. The first-order chi connectivity index (χ1) is 16.7. The number of hydrogen-bond acceptors (Lipinski definition) is 7. The molecule has 0 aliphatic carbocycles. The summed E-state index contributed by atoms with van der Waals surface area (Å²) in [5.74, 6) is 0.705. The van der Waals surface area contributed by atoms with E-state index in [4.69, 9.17) is 0 Å². The molecule has 0 saturated heterocycles. The fourth-order valence-electron chi connectivity index (χ4n) is 3.43. The second-order valence-electron chi connectivity index (χ2n) is 7.41. The summed E-state index contributed by atoms with van der Waals surface area (Å²) < 4.78 is 1.97. The fraction of sp³-hybridized carbons (Fsp3) is 0.0800. The van der Waals surface area contributed by atoms with Crippen molar-refractivity contribution in [2.45, 2.75) is 12.1 Å². The molecule has 9 heteroatoms. The van der Waals surface area contributed by atoms with Gasteiger partial charge < -0.3 is 5.32 Å². The molecule has 5 aromatic rings. The minimum Gasteiger partial charge on any atom is -0.301 e. The number of aryl methyl sites for hydroxylation is 1. The van der Waals surface area contributed by atoms with Gasteiger partial charge in [-0.15, -0.1) is 21.5 Å². The first-order valence-electron chi connectivity index (χ1n) is 10.5. The molecule has 0 atom stereocenters. The number of carbonyl (C=O) groups is 1. The summed E-state index contributed by atoms with van der Waals surface area (Å²) in [6.07, 6.45) is 3.48. The minimum atomic E-state index is -0.152. The number of hydrogen-bond donors (Lipinski definition) is 1. The van der Waals surface area contributed by atoms with Crippen LogP contribution in [-0.2, 0) is 4.79 Å². The zero-order valence-electron chi connectivity index (χ0n) is 18.3. The van der Waals surface area contributed by atoms with Gasteiger partial charge in [0, 0.05) is 28.9 Å². The number of pyridine rings is 1. The van der Waals surface area contributed by atoms with Crippen LogP contribution in [0.15, 0.2) is 89.7 Å². The van der Waals surface area contributed by atoms with E-state index >= 15 is 0 Å². The smallest absolute Gasteiger partial charge is 0.236 e. The van der Waals surface area contributed by atoms with Crippen LogP contribution in [0.3, 0.4) is 0 Å². The fourth-order valence-corrected chi connectivity index (χ4v) is 4.92. The highest BCUT2D eigenvalue weighted by Gasteiger charge is 2.19. The van der Waals surface area contributed by atoms with E-state index in [-0.39, 0.29) is 11.7 Å². The molecule has 0 aliphatic heterocycles. The Labute approximate surface area is 204 Å². The lowest BCUT2D eigenvalue weighted by Gasteiger charge is -2.12. The van der Waals surface area contributed by atoms with Gasteiger partial charge in [0.15, 0.2) is 16.1 Å². The third-order valence-electron chi connectivity index (χ3n) is 5.06. The first-order valence-corrected chi connectivity index (χ1v) is 12.4. The highest BCUT2D eigenvalue weighted by molar-refractivity contribution is 7.99. The largest absolute Gasteiger partial charge is 0.301 e. The Morgan fingerprint density at radius 1 is 1.00 bits per heavy atom. The zero-order chi connectivity index (χ0) is 23.3. The van der Waals surface area contributed by atoms with Crippen molar-refractivity contribution in [3.63, 3.8) is 0 Å². The van der Waals surface area contributed by atoms with E-state index in [9.17, 15) is 4.79 Å². The molecular formula is C25H20N6OS2. The Hall–Kier alpha value is -3.82. The molecule has 0 saturated carbocycles. The van der Waals surface area contributed by atoms with Crippen molar-refractivity contribution in [3.05, 3.63) is 90.1 Å². The number of anilines is 1. The van der Waals surface area contributed by atoms with Crippen LogP contribution < -0.4 is 5.32 Å². The third-order valence-corrected chi connectivity index (χ3v) is 6.75. The Bertz CT molecular complexity index is 1420. The average molecular weight is 485 g/mol. The van der Waals surface area contributed by atoms with E-state index in [1.165, 1.54) is 23.1 Å². The van der Waals surface area contributed by atoms with Crippen LogP contribution in [0.1, 0.15) is 5.56 Å². The van der Waals surface area contributed by atoms with Crippen LogP contribution >= 0.6 is 23.1 Å². The monoisotopic (exact) mass is 484 g/mol. The maximum atomic E-state index is 12.7. The number of benzene rings is 2. The van der Waals surface area contributed by atoms with Crippen molar-refractivity contribution < 1.29 is 4.79 Å². The number of rotatable bonds is 7. The highest BCUT2D eigenvalue weighted by Crippen LogP contribution is 2.29. The number of nitrogens with zero attached hydrogens (tertiary/aromatic N) is 5. The van der Waals surface area contributed by atoms with Crippen LogP contribution in [-0.4, -0.2) is 36.4 Å². The second kappa shape index (κ2) is 9.98. The van der Waals surface area contributed by atoms with Crippen molar-refractivity contribution >= 4 is 34.1 Å². The summed E-state index contributed by atoms with van der Waals surface area (Å²) >= 11 is 2.74. The SMILES string of the molecule is Cc1ccccc1-n1c(SCC(=O)Nc2nc(-c3ccccc3)cs2)nnc1-c1cccnc1. The van der Waals surface area contributed by atoms with Gasteiger partial charge in [-0.05, 0) is 30.7 Å². The Morgan fingerprint density at radius 2 is 1.79 bits per heavy atom. The molecule has 0 unspecified atom stereocenters. The molecule has 1 N–H and O–H groups in total. The Kier molecular flexibility index (Phi) is 6.46. The summed E-state index contributed by atoms with van der Waals surface area (Å²) in [7, 11) is 0. The maximum Gasteiger partial charge on any atom is 0.236 e. The van der Waals surface area contributed by atoms with Gasteiger partial charge in [-0.1, -0.05) is 60.3 Å². The molecule has 34 heavy (non-hydrogen) atoms. The van der Waals surface area contributed by atoms with Gasteiger partial charge in [0.1, 0.15) is 0 Å². The van der Waals surface area contributed by atoms with Crippen molar-refractivity contribution in [2.24, 2.45) is 0 Å². The van der Waals surface area contributed by atoms with Gasteiger partial charge in [-0.25, -0.2) is 4.98 Å². The van der Waals surface area contributed by atoms with E-state index in [0.717, 1.165) is 28.1 Å². The van der Waals surface area contributed by atoms with E-state index in [2.05, 4.69) is 25.5 Å². The number of amides is 1. The number of nitrogens with one attached hydrogen (secondary N) is 1. The van der Waals surface area contributed by atoms with Crippen LogP contribution in [0.25, 0.3) is 28.3 Å².